The molecule has 3 rings (SSSR count). The van der Waals surface area contributed by atoms with E-state index in [2.05, 4.69) is 45.2 Å². The molecular weight excluding hydrogens is 300 g/mol. The second-order valence-corrected chi connectivity index (χ2v) is 6.76. The molecule has 5 nitrogen and oxygen atoms in total. The van der Waals surface area contributed by atoms with Gasteiger partial charge in [0.05, 0.1) is 7.11 Å². The maximum absolute atomic E-state index is 5.34. The Bertz CT molecular complexity index is 566. The molecule has 1 saturated carbocycles. The van der Waals surface area contributed by atoms with Gasteiger partial charge >= 0.3 is 0 Å². The number of nitrogens with one attached hydrogen (secondary N) is 1. The van der Waals surface area contributed by atoms with Crippen molar-refractivity contribution in [2.24, 2.45) is 10.9 Å². The summed E-state index contributed by atoms with van der Waals surface area (Å²) in [7, 11) is 3.62. The number of methoxy groups -OCH3 is 1. The number of piperazine rings is 1. The van der Waals surface area contributed by atoms with E-state index >= 15 is 0 Å². The Hall–Kier alpha value is -1.91. The minimum atomic E-state index is 0.639. The SMILES string of the molecule is CCCC1CC1NC(=NC)N1CCN(c2cccc(OC)c2)CC1. The zero-order chi connectivity index (χ0) is 16.9. The van der Waals surface area contributed by atoms with Crippen LogP contribution in [0.5, 0.6) is 5.75 Å². The van der Waals surface area contributed by atoms with Gasteiger partial charge in [-0.05, 0) is 30.9 Å². The highest BCUT2D eigenvalue weighted by molar-refractivity contribution is 5.81. The van der Waals surface area contributed by atoms with E-state index in [1.807, 2.05) is 13.1 Å². The predicted octanol–water partition coefficient (Wildman–Crippen LogP) is 2.58. The molecule has 2 fully saturated rings. The van der Waals surface area contributed by atoms with E-state index in [1.54, 1.807) is 7.11 Å². The molecule has 0 spiro atoms. The Morgan fingerprint density at radius 3 is 2.75 bits per heavy atom. The van der Waals surface area contributed by atoms with Crippen molar-refractivity contribution in [1.82, 2.24) is 10.2 Å². The van der Waals surface area contributed by atoms with Gasteiger partial charge in [-0.25, -0.2) is 0 Å². The van der Waals surface area contributed by atoms with Gasteiger partial charge in [0.15, 0.2) is 5.96 Å². The first-order chi connectivity index (χ1) is 11.7. The van der Waals surface area contributed by atoms with Crippen LogP contribution < -0.4 is 15.0 Å². The molecule has 0 bridgehead atoms. The van der Waals surface area contributed by atoms with Crippen LogP contribution in [0.4, 0.5) is 5.69 Å². The maximum atomic E-state index is 5.34. The lowest BCUT2D eigenvalue weighted by Crippen LogP contribution is -2.53. The highest BCUT2D eigenvalue weighted by Gasteiger charge is 2.37. The first kappa shape index (κ1) is 16.9. The Morgan fingerprint density at radius 2 is 2.08 bits per heavy atom. The second-order valence-electron chi connectivity index (χ2n) is 6.76. The minimum Gasteiger partial charge on any atom is -0.497 e. The van der Waals surface area contributed by atoms with Gasteiger partial charge in [-0.2, -0.15) is 0 Å². The summed E-state index contributed by atoms with van der Waals surface area (Å²) >= 11 is 0. The molecule has 1 aliphatic heterocycles. The molecule has 1 aliphatic carbocycles. The van der Waals surface area contributed by atoms with E-state index in [1.165, 1.54) is 24.9 Å². The van der Waals surface area contributed by atoms with Crippen LogP contribution in [0.1, 0.15) is 26.2 Å². The molecule has 1 aromatic rings. The van der Waals surface area contributed by atoms with Crippen molar-refractivity contribution < 1.29 is 4.74 Å². The van der Waals surface area contributed by atoms with Crippen LogP contribution in [-0.2, 0) is 0 Å². The van der Waals surface area contributed by atoms with Gasteiger partial charge < -0.3 is 19.9 Å². The molecule has 5 heteroatoms. The van der Waals surface area contributed by atoms with E-state index in [0.717, 1.165) is 43.8 Å². The lowest BCUT2D eigenvalue weighted by atomic mass is 10.2. The van der Waals surface area contributed by atoms with E-state index in [0.29, 0.717) is 6.04 Å². The van der Waals surface area contributed by atoms with Crippen molar-refractivity contribution in [2.75, 3.05) is 45.2 Å². The molecule has 2 unspecified atom stereocenters. The first-order valence-electron chi connectivity index (χ1n) is 9.12. The van der Waals surface area contributed by atoms with Gasteiger partial charge in [-0.15, -0.1) is 0 Å². The number of aliphatic imine (C=N–C) groups is 1. The average molecular weight is 330 g/mol. The number of nitrogens with zero attached hydrogens (tertiary/aromatic N) is 3. The summed E-state index contributed by atoms with van der Waals surface area (Å²) in [5.41, 5.74) is 1.24. The summed E-state index contributed by atoms with van der Waals surface area (Å²) in [5.74, 6) is 2.84. The van der Waals surface area contributed by atoms with Crippen LogP contribution >= 0.6 is 0 Å². The van der Waals surface area contributed by atoms with Crippen LogP contribution in [0.3, 0.4) is 0 Å². The third-order valence-electron chi connectivity index (χ3n) is 5.11. The van der Waals surface area contributed by atoms with Crippen LogP contribution in [0.2, 0.25) is 0 Å². The fourth-order valence-electron chi connectivity index (χ4n) is 3.56. The summed E-state index contributed by atoms with van der Waals surface area (Å²) in [5, 5.41) is 3.66. The lowest BCUT2D eigenvalue weighted by Gasteiger charge is -2.37. The Kier molecular flexibility index (Phi) is 5.48. The summed E-state index contributed by atoms with van der Waals surface area (Å²) < 4.78 is 5.34. The summed E-state index contributed by atoms with van der Waals surface area (Å²) in [4.78, 5) is 9.31. The molecule has 2 aliphatic rings. The molecule has 132 valence electrons. The van der Waals surface area contributed by atoms with Crippen LogP contribution in [0, 0.1) is 5.92 Å². The number of rotatable bonds is 5. The lowest BCUT2D eigenvalue weighted by molar-refractivity contribution is 0.370. The monoisotopic (exact) mass is 330 g/mol. The molecule has 1 heterocycles. The van der Waals surface area contributed by atoms with Gasteiger partial charge in [-0.1, -0.05) is 19.4 Å². The van der Waals surface area contributed by atoms with Crippen molar-refractivity contribution in [3.8, 4) is 5.75 Å². The van der Waals surface area contributed by atoms with Crippen molar-refractivity contribution >= 4 is 11.6 Å². The third kappa shape index (κ3) is 3.94. The van der Waals surface area contributed by atoms with Gasteiger partial charge in [-0.3, -0.25) is 4.99 Å². The molecule has 0 radical (unpaired) electrons. The fraction of sp³-hybridized carbons (Fsp3) is 0.632. The molecule has 24 heavy (non-hydrogen) atoms. The minimum absolute atomic E-state index is 0.639. The maximum Gasteiger partial charge on any atom is 0.193 e. The summed E-state index contributed by atoms with van der Waals surface area (Å²) in [6.07, 6.45) is 3.91. The molecule has 1 N–H and O–H groups in total. The van der Waals surface area contributed by atoms with Gasteiger partial charge in [0.1, 0.15) is 5.75 Å². The van der Waals surface area contributed by atoms with Crippen LogP contribution in [0.15, 0.2) is 29.3 Å². The standard InChI is InChI=1S/C19H30N4O/c1-4-6-15-13-18(15)21-19(20-2)23-11-9-22(10-12-23)16-7-5-8-17(14-16)24-3/h5,7-8,14-15,18H,4,6,9-13H2,1-3H3,(H,20,21). The van der Waals surface area contributed by atoms with Crippen molar-refractivity contribution in [1.29, 1.82) is 0 Å². The van der Waals surface area contributed by atoms with Crippen LogP contribution in [-0.4, -0.2) is 57.2 Å². The second kappa shape index (κ2) is 7.77. The number of guanidine groups is 1. The highest BCUT2D eigenvalue weighted by atomic mass is 16.5. The Morgan fingerprint density at radius 1 is 1.29 bits per heavy atom. The van der Waals surface area contributed by atoms with Gasteiger partial charge in [0, 0.05) is 51.0 Å². The average Bonchev–Trinajstić information content (AvgIpc) is 3.38. The summed E-state index contributed by atoms with van der Waals surface area (Å²) in [6, 6.07) is 8.96. The van der Waals surface area contributed by atoms with E-state index < -0.39 is 0 Å². The van der Waals surface area contributed by atoms with E-state index in [-0.39, 0.29) is 0 Å². The van der Waals surface area contributed by atoms with Crippen molar-refractivity contribution in [2.45, 2.75) is 32.2 Å². The van der Waals surface area contributed by atoms with E-state index in [4.69, 9.17) is 4.74 Å². The molecule has 1 saturated heterocycles. The first-order valence-corrected chi connectivity index (χ1v) is 9.12. The van der Waals surface area contributed by atoms with Gasteiger partial charge in [0.2, 0.25) is 0 Å². The molecule has 0 amide bonds. The van der Waals surface area contributed by atoms with Crippen LogP contribution in [0.25, 0.3) is 0 Å². The smallest absolute Gasteiger partial charge is 0.193 e. The molecule has 2 atom stereocenters. The normalized spacial score (nSPS) is 24.0. The topological polar surface area (TPSA) is 40.1 Å². The van der Waals surface area contributed by atoms with Crippen molar-refractivity contribution in [3.63, 3.8) is 0 Å². The quantitative estimate of drug-likeness (QED) is 0.665. The largest absolute Gasteiger partial charge is 0.497 e. The third-order valence-corrected chi connectivity index (χ3v) is 5.11. The number of ether oxygens (including phenoxy) is 1. The molecule has 0 aromatic heterocycles. The zero-order valence-corrected chi connectivity index (χ0v) is 15.2. The number of hydrogen-bond acceptors (Lipinski definition) is 3. The Labute approximate surface area is 145 Å². The number of benzene rings is 1. The highest BCUT2D eigenvalue weighted by Crippen LogP contribution is 2.34. The molecular formula is C19H30N4O. The zero-order valence-electron chi connectivity index (χ0n) is 15.2. The summed E-state index contributed by atoms with van der Waals surface area (Å²) in [6.45, 7) is 6.29. The fourth-order valence-corrected chi connectivity index (χ4v) is 3.56. The predicted molar refractivity (Wildman–Crippen MR) is 100 cm³/mol. The van der Waals surface area contributed by atoms with E-state index in [9.17, 15) is 0 Å². The number of hydrogen-bond donors (Lipinski definition) is 1. The Balaban J connectivity index is 1.52. The number of anilines is 1. The van der Waals surface area contributed by atoms with Gasteiger partial charge in [0.25, 0.3) is 0 Å². The molecule has 1 aromatic carbocycles. The van der Waals surface area contributed by atoms with Crippen molar-refractivity contribution in [3.05, 3.63) is 24.3 Å².